The first-order valence-electron chi connectivity index (χ1n) is 21.0. The molecule has 0 aliphatic heterocycles. The minimum atomic E-state index is 0.915. The maximum absolute atomic E-state index is 5.21. The van der Waals surface area contributed by atoms with Crippen LogP contribution in [0.5, 0.6) is 0 Å². The third-order valence-electron chi connectivity index (χ3n) is 11.2. The summed E-state index contributed by atoms with van der Waals surface area (Å²) in [5.41, 5.74) is 16.3. The number of nitrogens with zero attached hydrogens (tertiary/aromatic N) is 2. The minimum Gasteiger partial charge on any atom is -0.248 e. The van der Waals surface area contributed by atoms with E-state index in [1.807, 2.05) is 54.7 Å². The molecule has 294 valence electrons. The van der Waals surface area contributed by atoms with Crippen LogP contribution >= 0.6 is 11.3 Å². The Labute approximate surface area is 367 Å². The lowest BCUT2D eigenvalue weighted by molar-refractivity contribution is 1.29. The van der Waals surface area contributed by atoms with E-state index in [1.54, 1.807) is 0 Å². The van der Waals surface area contributed by atoms with Gasteiger partial charge >= 0.3 is 0 Å². The number of fused-ring (bicyclic) bond motifs is 3. The van der Waals surface area contributed by atoms with E-state index in [0.29, 0.717) is 0 Å². The van der Waals surface area contributed by atoms with Gasteiger partial charge in [0, 0.05) is 36.9 Å². The largest absolute Gasteiger partial charge is 0.248 e. The lowest BCUT2D eigenvalue weighted by atomic mass is 9.96. The summed E-state index contributed by atoms with van der Waals surface area (Å²) in [6, 6.07) is 71.7. The molecular weight excluding hydrogens is 769 g/mol. The fourth-order valence-electron chi connectivity index (χ4n) is 8.06. The van der Waals surface area contributed by atoms with E-state index in [0.717, 1.165) is 61.7 Å². The summed E-state index contributed by atoms with van der Waals surface area (Å²) in [5.74, 6) is 0. The highest BCUT2D eigenvalue weighted by atomic mass is 32.1. The van der Waals surface area contributed by atoms with Crippen LogP contribution in [0.1, 0.15) is 12.6 Å². The highest BCUT2D eigenvalue weighted by Gasteiger charge is 2.14. The summed E-state index contributed by atoms with van der Waals surface area (Å²) >= 11 is 1.85. The fraction of sp³-hybridized carbons (Fsp3) is 0.0169. The molecule has 0 atom stereocenters. The molecule has 0 spiro atoms. The summed E-state index contributed by atoms with van der Waals surface area (Å²) in [4.78, 5) is 10.3. The average Bonchev–Trinajstić information content (AvgIpc) is 3.72. The van der Waals surface area contributed by atoms with Crippen molar-refractivity contribution in [1.29, 1.82) is 0 Å². The number of rotatable bonds is 10. The van der Waals surface area contributed by atoms with Gasteiger partial charge in [-0.1, -0.05) is 170 Å². The number of aromatic nitrogens is 2. The molecule has 0 saturated carbocycles. The van der Waals surface area contributed by atoms with Crippen LogP contribution in [0.25, 0.3) is 105 Å². The molecule has 3 heteroatoms. The second-order valence-electron chi connectivity index (χ2n) is 15.3. The van der Waals surface area contributed by atoms with Crippen molar-refractivity contribution < 1.29 is 0 Å². The smallest absolute Gasteiger partial charge is 0.0715 e. The van der Waals surface area contributed by atoms with E-state index < -0.39 is 0 Å². The highest BCUT2D eigenvalue weighted by molar-refractivity contribution is 7.25. The van der Waals surface area contributed by atoms with Crippen molar-refractivity contribution in [3.05, 3.63) is 236 Å². The van der Waals surface area contributed by atoms with Gasteiger partial charge in [0.05, 0.1) is 22.8 Å². The van der Waals surface area contributed by atoms with E-state index in [2.05, 4.69) is 200 Å². The van der Waals surface area contributed by atoms with E-state index >= 15 is 0 Å². The molecule has 0 saturated heterocycles. The van der Waals surface area contributed by atoms with E-state index in [4.69, 9.17) is 9.97 Å². The van der Waals surface area contributed by atoms with Gasteiger partial charge in [0.25, 0.3) is 0 Å². The van der Waals surface area contributed by atoms with Crippen LogP contribution in [-0.4, -0.2) is 9.97 Å². The standard InChI is InChI=1S/C59H42N2S/c1-2-3-4-5-15-28-52-35-50(41-18-9-6-10-19-41)38-56(60-52)48-26-16-24-44(33-48)46-29-31-58-53(36-46)54-37-47(30-32-59(54)62-58)45-25-17-27-49(34-45)57-40-51(42-20-11-7-12-21-42)39-55(61-57)43-22-13-8-14-23-43/h2-40H,1H3/b3-2-,5-4-,28-15+. The Hall–Kier alpha value is -7.72. The third-order valence-corrected chi connectivity index (χ3v) is 12.4. The van der Waals surface area contributed by atoms with Crippen molar-refractivity contribution in [1.82, 2.24) is 9.97 Å². The maximum Gasteiger partial charge on any atom is 0.0715 e. The molecule has 3 aromatic heterocycles. The average molecular weight is 811 g/mol. The minimum absolute atomic E-state index is 0.915. The Kier molecular flexibility index (Phi) is 10.8. The molecule has 10 rings (SSSR count). The van der Waals surface area contributed by atoms with Crippen molar-refractivity contribution in [2.75, 3.05) is 0 Å². The second-order valence-corrected chi connectivity index (χ2v) is 16.4. The molecule has 0 amide bonds. The van der Waals surface area contributed by atoms with Gasteiger partial charge < -0.3 is 0 Å². The zero-order valence-electron chi connectivity index (χ0n) is 34.3. The van der Waals surface area contributed by atoms with Gasteiger partial charge in [0.15, 0.2) is 0 Å². The van der Waals surface area contributed by atoms with Crippen LogP contribution in [0.2, 0.25) is 0 Å². The number of thiophene rings is 1. The predicted octanol–water partition coefficient (Wildman–Crippen LogP) is 16.7. The van der Waals surface area contributed by atoms with Crippen molar-refractivity contribution in [3.63, 3.8) is 0 Å². The molecular formula is C59H42N2S. The monoisotopic (exact) mass is 810 g/mol. The molecule has 0 bridgehead atoms. The van der Waals surface area contributed by atoms with Crippen LogP contribution in [0.15, 0.2) is 231 Å². The molecule has 0 N–H and O–H groups in total. The molecule has 62 heavy (non-hydrogen) atoms. The van der Waals surface area contributed by atoms with Crippen LogP contribution in [-0.2, 0) is 0 Å². The summed E-state index contributed by atoms with van der Waals surface area (Å²) in [6.07, 6.45) is 12.2. The van der Waals surface area contributed by atoms with Crippen molar-refractivity contribution in [2.24, 2.45) is 0 Å². The third kappa shape index (κ3) is 8.23. The van der Waals surface area contributed by atoms with Crippen LogP contribution in [0.3, 0.4) is 0 Å². The Morgan fingerprint density at radius 3 is 1.31 bits per heavy atom. The molecule has 3 heterocycles. The zero-order valence-corrected chi connectivity index (χ0v) is 35.1. The number of allylic oxidation sites excluding steroid dienone is 5. The molecule has 0 radical (unpaired) electrons. The van der Waals surface area contributed by atoms with Gasteiger partial charge in [-0.15, -0.1) is 11.3 Å². The molecule has 0 aliphatic carbocycles. The van der Waals surface area contributed by atoms with Gasteiger partial charge in [0.2, 0.25) is 0 Å². The van der Waals surface area contributed by atoms with Gasteiger partial charge in [-0.3, -0.25) is 0 Å². The Morgan fingerprint density at radius 2 is 0.758 bits per heavy atom. The summed E-state index contributed by atoms with van der Waals surface area (Å²) < 4.78 is 2.55. The number of hydrogen-bond donors (Lipinski definition) is 0. The Morgan fingerprint density at radius 1 is 0.323 bits per heavy atom. The number of benzene rings is 7. The van der Waals surface area contributed by atoms with Gasteiger partial charge in [0.1, 0.15) is 0 Å². The molecule has 0 unspecified atom stereocenters. The summed E-state index contributed by atoms with van der Waals surface area (Å²) in [7, 11) is 0. The van der Waals surface area contributed by atoms with Crippen molar-refractivity contribution in [2.45, 2.75) is 6.92 Å². The fourth-order valence-corrected chi connectivity index (χ4v) is 9.13. The second kappa shape index (κ2) is 17.5. The van der Waals surface area contributed by atoms with E-state index in [9.17, 15) is 0 Å². The van der Waals surface area contributed by atoms with Gasteiger partial charge in [-0.05, 0) is 118 Å². The predicted molar refractivity (Wildman–Crippen MR) is 266 cm³/mol. The van der Waals surface area contributed by atoms with Crippen LogP contribution < -0.4 is 0 Å². The number of hydrogen-bond acceptors (Lipinski definition) is 3. The van der Waals surface area contributed by atoms with Crippen LogP contribution in [0.4, 0.5) is 0 Å². The van der Waals surface area contributed by atoms with Crippen LogP contribution in [0, 0.1) is 0 Å². The first-order valence-corrected chi connectivity index (χ1v) is 21.8. The van der Waals surface area contributed by atoms with Gasteiger partial charge in [-0.2, -0.15) is 0 Å². The lowest BCUT2D eigenvalue weighted by Crippen LogP contribution is -1.91. The maximum atomic E-state index is 5.21. The SMILES string of the molecule is C\C=C/C=C\C=C\c1cc(-c2ccccc2)cc(-c2cccc(-c3ccc4sc5ccc(-c6cccc(-c7cc(-c8ccccc8)cc(-c8ccccc8)n7)c6)cc5c4c3)c2)n1. The van der Waals surface area contributed by atoms with E-state index in [-0.39, 0.29) is 0 Å². The first kappa shape index (κ1) is 38.5. The topological polar surface area (TPSA) is 25.8 Å². The molecule has 7 aromatic carbocycles. The molecule has 10 aromatic rings. The quantitative estimate of drug-likeness (QED) is 0.129. The zero-order chi connectivity index (χ0) is 41.7. The van der Waals surface area contributed by atoms with Crippen molar-refractivity contribution >= 4 is 37.6 Å². The van der Waals surface area contributed by atoms with Crippen molar-refractivity contribution in [3.8, 4) is 78.3 Å². The number of pyridine rings is 2. The molecule has 0 aliphatic rings. The Bertz CT molecular complexity index is 3230. The van der Waals surface area contributed by atoms with E-state index in [1.165, 1.54) is 42.4 Å². The molecule has 0 fully saturated rings. The lowest BCUT2D eigenvalue weighted by Gasteiger charge is -2.11. The normalized spacial score (nSPS) is 11.8. The summed E-state index contributed by atoms with van der Waals surface area (Å²) in [6.45, 7) is 2.02. The first-order chi connectivity index (χ1) is 30.6. The highest BCUT2D eigenvalue weighted by Crippen LogP contribution is 2.40. The summed E-state index contributed by atoms with van der Waals surface area (Å²) in [5, 5.41) is 2.52. The Balaban J connectivity index is 1.00. The molecule has 2 nitrogen and oxygen atoms in total. The van der Waals surface area contributed by atoms with Gasteiger partial charge in [-0.25, -0.2) is 9.97 Å².